The third-order valence-electron chi connectivity index (χ3n) is 4.87. The second kappa shape index (κ2) is 6.01. The molecule has 0 radical (unpaired) electrons. The van der Waals surface area contributed by atoms with Gasteiger partial charge in [-0.3, -0.25) is 0 Å². The van der Waals surface area contributed by atoms with Gasteiger partial charge in [0.1, 0.15) is 5.75 Å². The van der Waals surface area contributed by atoms with E-state index in [1.54, 1.807) is 7.11 Å². The lowest BCUT2D eigenvalue weighted by atomic mass is 9.78. The van der Waals surface area contributed by atoms with Gasteiger partial charge in [0.15, 0.2) is 0 Å². The maximum Gasteiger partial charge on any atom is 0.498 e. The molecule has 0 saturated carbocycles. The highest BCUT2D eigenvalue weighted by Crippen LogP contribution is 2.42. The molecular formula is C17H27BO3. The molecule has 1 aliphatic rings. The summed E-state index contributed by atoms with van der Waals surface area (Å²) in [5, 5.41) is 0. The number of para-hydroxylation sites is 1. The Kier molecular flexibility index (Phi) is 4.69. The maximum atomic E-state index is 6.36. The van der Waals surface area contributed by atoms with Crippen LogP contribution in [0.2, 0.25) is 0 Å². The van der Waals surface area contributed by atoms with Gasteiger partial charge < -0.3 is 14.0 Å². The second-order valence-electron chi connectivity index (χ2n) is 6.77. The second-order valence-corrected chi connectivity index (χ2v) is 6.77. The van der Waals surface area contributed by atoms with E-state index in [1.165, 1.54) is 0 Å². The van der Waals surface area contributed by atoms with E-state index >= 15 is 0 Å². The fourth-order valence-electron chi connectivity index (χ4n) is 2.89. The summed E-state index contributed by atoms with van der Waals surface area (Å²) in [5.74, 6) is 1.42. The fraction of sp³-hybridized carbons (Fsp3) is 0.647. The van der Waals surface area contributed by atoms with Crippen molar-refractivity contribution in [1.29, 1.82) is 0 Å². The molecule has 0 amide bonds. The van der Waals surface area contributed by atoms with Crippen LogP contribution in [-0.4, -0.2) is 25.4 Å². The Balaban J connectivity index is 2.27. The van der Waals surface area contributed by atoms with Crippen molar-refractivity contribution in [2.24, 2.45) is 5.92 Å². The van der Waals surface area contributed by atoms with Crippen LogP contribution in [0.3, 0.4) is 0 Å². The molecule has 2 rings (SSSR count). The maximum absolute atomic E-state index is 6.36. The number of ether oxygens (including phenoxy) is 1. The molecule has 0 N–H and O–H groups in total. The van der Waals surface area contributed by atoms with E-state index in [-0.39, 0.29) is 18.3 Å². The molecule has 1 heterocycles. The standard InChI is InChI=1S/C17H27BO3/c1-7-13(2)12-17(5)16(3,4)20-18(21-17)14-10-8-9-11-15(14)19-6/h8-11,13H,7,12H2,1-6H3. The normalized spacial score (nSPS) is 25.9. The SMILES string of the molecule is CCC(C)CC1(C)OB(c2ccccc2OC)OC1(C)C. The van der Waals surface area contributed by atoms with Crippen LogP contribution in [-0.2, 0) is 9.31 Å². The van der Waals surface area contributed by atoms with Gasteiger partial charge in [0.2, 0.25) is 0 Å². The third-order valence-corrected chi connectivity index (χ3v) is 4.87. The zero-order chi connectivity index (χ0) is 15.7. The smallest absolute Gasteiger partial charge is 0.497 e. The zero-order valence-corrected chi connectivity index (χ0v) is 14.1. The first kappa shape index (κ1) is 16.4. The van der Waals surface area contributed by atoms with Gasteiger partial charge in [-0.15, -0.1) is 0 Å². The van der Waals surface area contributed by atoms with Gasteiger partial charge in [-0.25, -0.2) is 0 Å². The Morgan fingerprint density at radius 2 is 1.86 bits per heavy atom. The molecule has 21 heavy (non-hydrogen) atoms. The Morgan fingerprint density at radius 1 is 1.19 bits per heavy atom. The summed E-state index contributed by atoms with van der Waals surface area (Å²) in [6, 6.07) is 7.90. The lowest BCUT2D eigenvalue weighted by molar-refractivity contribution is -0.0257. The first-order chi connectivity index (χ1) is 9.83. The first-order valence-corrected chi connectivity index (χ1v) is 7.81. The van der Waals surface area contributed by atoms with Crippen molar-refractivity contribution >= 4 is 12.6 Å². The number of benzene rings is 1. The zero-order valence-electron chi connectivity index (χ0n) is 14.1. The highest BCUT2D eigenvalue weighted by Gasteiger charge is 2.55. The Hall–Kier alpha value is -0.995. The molecule has 2 atom stereocenters. The Morgan fingerprint density at radius 3 is 2.48 bits per heavy atom. The molecule has 2 unspecified atom stereocenters. The average molecular weight is 290 g/mol. The average Bonchev–Trinajstić information content (AvgIpc) is 2.68. The monoisotopic (exact) mass is 290 g/mol. The number of methoxy groups -OCH3 is 1. The van der Waals surface area contributed by atoms with Crippen molar-refractivity contribution in [3.05, 3.63) is 24.3 Å². The van der Waals surface area contributed by atoms with E-state index in [0.717, 1.165) is 24.1 Å². The van der Waals surface area contributed by atoms with E-state index in [9.17, 15) is 0 Å². The summed E-state index contributed by atoms with van der Waals surface area (Å²) >= 11 is 0. The van der Waals surface area contributed by atoms with Crippen LogP contribution in [0, 0.1) is 5.92 Å². The topological polar surface area (TPSA) is 27.7 Å². The minimum atomic E-state index is -0.370. The molecular weight excluding hydrogens is 263 g/mol. The van der Waals surface area contributed by atoms with Crippen molar-refractivity contribution in [2.45, 2.75) is 58.7 Å². The van der Waals surface area contributed by atoms with Gasteiger partial charge >= 0.3 is 7.12 Å². The Labute approximate surface area is 129 Å². The van der Waals surface area contributed by atoms with Crippen molar-refractivity contribution < 1.29 is 14.0 Å². The predicted molar refractivity (Wildman–Crippen MR) is 87.1 cm³/mol. The Bertz CT molecular complexity index is 489. The van der Waals surface area contributed by atoms with Crippen molar-refractivity contribution in [3.8, 4) is 5.75 Å². The van der Waals surface area contributed by atoms with E-state index < -0.39 is 0 Å². The van der Waals surface area contributed by atoms with Gasteiger partial charge in [0.25, 0.3) is 0 Å². The van der Waals surface area contributed by atoms with Crippen LogP contribution < -0.4 is 10.2 Å². The van der Waals surface area contributed by atoms with Crippen LogP contribution in [0.4, 0.5) is 0 Å². The van der Waals surface area contributed by atoms with Crippen LogP contribution in [0.5, 0.6) is 5.75 Å². The van der Waals surface area contributed by atoms with Gasteiger partial charge in [-0.2, -0.15) is 0 Å². The minimum Gasteiger partial charge on any atom is -0.497 e. The number of rotatable bonds is 5. The molecule has 1 aromatic rings. The summed E-state index contributed by atoms with van der Waals surface area (Å²) in [6.07, 6.45) is 2.14. The van der Waals surface area contributed by atoms with E-state index in [1.807, 2.05) is 24.3 Å². The largest absolute Gasteiger partial charge is 0.498 e. The molecule has 1 saturated heterocycles. The van der Waals surface area contributed by atoms with E-state index in [2.05, 4.69) is 34.6 Å². The molecule has 4 heteroatoms. The molecule has 0 aliphatic carbocycles. The van der Waals surface area contributed by atoms with E-state index in [4.69, 9.17) is 14.0 Å². The van der Waals surface area contributed by atoms with Crippen LogP contribution in [0.15, 0.2) is 24.3 Å². The van der Waals surface area contributed by atoms with Gasteiger partial charge in [0, 0.05) is 5.46 Å². The number of hydrogen-bond acceptors (Lipinski definition) is 3. The number of hydrogen-bond donors (Lipinski definition) is 0. The molecule has 1 aromatic carbocycles. The van der Waals surface area contributed by atoms with Crippen LogP contribution in [0.25, 0.3) is 0 Å². The molecule has 1 fully saturated rings. The highest BCUT2D eigenvalue weighted by atomic mass is 16.7. The van der Waals surface area contributed by atoms with Crippen LogP contribution >= 0.6 is 0 Å². The van der Waals surface area contributed by atoms with Gasteiger partial charge in [0.05, 0.1) is 18.3 Å². The molecule has 3 nitrogen and oxygen atoms in total. The summed E-state index contributed by atoms with van der Waals surface area (Å²) in [5.41, 5.74) is 0.330. The van der Waals surface area contributed by atoms with E-state index in [0.29, 0.717) is 5.92 Å². The van der Waals surface area contributed by atoms with Crippen molar-refractivity contribution in [2.75, 3.05) is 7.11 Å². The molecule has 0 bridgehead atoms. The molecule has 0 spiro atoms. The van der Waals surface area contributed by atoms with Crippen molar-refractivity contribution in [1.82, 2.24) is 0 Å². The first-order valence-electron chi connectivity index (χ1n) is 7.81. The molecule has 116 valence electrons. The molecule has 1 aliphatic heterocycles. The van der Waals surface area contributed by atoms with Gasteiger partial charge in [-0.05, 0) is 39.2 Å². The third kappa shape index (κ3) is 3.11. The summed E-state index contributed by atoms with van der Waals surface area (Å²) in [4.78, 5) is 0. The van der Waals surface area contributed by atoms with Gasteiger partial charge in [-0.1, -0.05) is 38.5 Å². The van der Waals surface area contributed by atoms with Crippen molar-refractivity contribution in [3.63, 3.8) is 0 Å². The highest BCUT2D eigenvalue weighted by molar-refractivity contribution is 6.63. The molecule has 0 aromatic heterocycles. The summed E-state index contributed by atoms with van der Waals surface area (Å²) in [6.45, 7) is 10.9. The fourth-order valence-corrected chi connectivity index (χ4v) is 2.89. The lowest BCUT2D eigenvalue weighted by Crippen LogP contribution is -2.45. The summed E-state index contributed by atoms with van der Waals surface area (Å²) in [7, 11) is 1.31. The lowest BCUT2D eigenvalue weighted by Gasteiger charge is -2.38. The quantitative estimate of drug-likeness (QED) is 0.778. The minimum absolute atomic E-state index is 0.298. The summed E-state index contributed by atoms with van der Waals surface area (Å²) < 4.78 is 18.0. The van der Waals surface area contributed by atoms with Crippen LogP contribution in [0.1, 0.15) is 47.5 Å². The predicted octanol–water partition coefficient (Wildman–Crippen LogP) is 3.41.